The fourth-order valence-electron chi connectivity index (χ4n) is 3.05. The first kappa shape index (κ1) is 18.4. The first-order valence-corrected chi connectivity index (χ1v) is 8.93. The van der Waals surface area contributed by atoms with Crippen molar-refractivity contribution in [1.29, 1.82) is 0 Å². The van der Waals surface area contributed by atoms with Crippen LogP contribution < -0.4 is 14.8 Å². The number of carbonyl (C=O) groups excluding carboxylic acids is 1. The SMILES string of the molecule is COc1ccc(-c2ccnc3c(C(=O)NCc4cccnc4)cnn23)cc1OC. The Bertz CT molecular complexity index is 1160. The van der Waals surface area contributed by atoms with Crippen molar-refractivity contribution in [2.75, 3.05) is 14.2 Å². The predicted octanol–water partition coefficient (Wildman–Crippen LogP) is 2.74. The van der Waals surface area contributed by atoms with E-state index in [0.29, 0.717) is 29.3 Å². The van der Waals surface area contributed by atoms with E-state index in [9.17, 15) is 4.79 Å². The molecule has 4 aromatic rings. The summed E-state index contributed by atoms with van der Waals surface area (Å²) in [6.45, 7) is 0.374. The van der Waals surface area contributed by atoms with Crippen LogP contribution in [0.4, 0.5) is 0 Å². The van der Waals surface area contributed by atoms with Crippen molar-refractivity contribution in [2.45, 2.75) is 6.54 Å². The lowest BCUT2D eigenvalue weighted by Gasteiger charge is -2.10. The van der Waals surface area contributed by atoms with Crippen molar-refractivity contribution >= 4 is 11.6 Å². The maximum Gasteiger partial charge on any atom is 0.257 e. The first-order chi connectivity index (χ1) is 14.2. The molecule has 3 aromatic heterocycles. The van der Waals surface area contributed by atoms with Crippen molar-refractivity contribution in [3.05, 3.63) is 72.3 Å². The van der Waals surface area contributed by atoms with Gasteiger partial charge in [-0.25, -0.2) is 9.50 Å². The Morgan fingerprint density at radius 2 is 1.93 bits per heavy atom. The zero-order valence-electron chi connectivity index (χ0n) is 16.0. The second-order valence-electron chi connectivity index (χ2n) is 6.24. The van der Waals surface area contributed by atoms with Gasteiger partial charge in [-0.1, -0.05) is 6.07 Å². The van der Waals surface area contributed by atoms with E-state index >= 15 is 0 Å². The second kappa shape index (κ2) is 7.97. The number of fused-ring (bicyclic) bond motifs is 1. The molecule has 1 N–H and O–H groups in total. The topological polar surface area (TPSA) is 90.6 Å². The third-order valence-electron chi connectivity index (χ3n) is 4.50. The molecular formula is C21H19N5O3. The van der Waals surface area contributed by atoms with E-state index in [0.717, 1.165) is 16.8 Å². The molecular weight excluding hydrogens is 370 g/mol. The Morgan fingerprint density at radius 3 is 2.69 bits per heavy atom. The van der Waals surface area contributed by atoms with Gasteiger partial charge in [0.25, 0.3) is 5.91 Å². The summed E-state index contributed by atoms with van der Waals surface area (Å²) in [5.41, 5.74) is 3.43. The van der Waals surface area contributed by atoms with Gasteiger partial charge in [0.2, 0.25) is 0 Å². The second-order valence-corrected chi connectivity index (χ2v) is 6.24. The molecule has 8 heteroatoms. The standard InChI is InChI=1S/C21H19N5O3/c1-28-18-6-5-15(10-19(18)29-2)17-7-9-23-20-16(13-25-26(17)20)21(27)24-12-14-4-3-8-22-11-14/h3-11,13H,12H2,1-2H3,(H,24,27). The van der Waals surface area contributed by atoms with Gasteiger partial charge >= 0.3 is 0 Å². The maximum atomic E-state index is 12.7. The van der Waals surface area contributed by atoms with Crippen molar-refractivity contribution < 1.29 is 14.3 Å². The van der Waals surface area contributed by atoms with E-state index in [4.69, 9.17) is 9.47 Å². The number of pyridine rings is 1. The van der Waals surface area contributed by atoms with Crippen LogP contribution >= 0.6 is 0 Å². The van der Waals surface area contributed by atoms with Gasteiger partial charge in [0.05, 0.1) is 26.1 Å². The molecule has 0 saturated carbocycles. The molecule has 0 saturated heterocycles. The first-order valence-electron chi connectivity index (χ1n) is 8.93. The van der Waals surface area contributed by atoms with E-state index in [-0.39, 0.29) is 5.91 Å². The molecule has 0 spiro atoms. The third-order valence-corrected chi connectivity index (χ3v) is 4.50. The van der Waals surface area contributed by atoms with Crippen LogP contribution in [0.2, 0.25) is 0 Å². The van der Waals surface area contributed by atoms with Crippen molar-refractivity contribution in [1.82, 2.24) is 24.9 Å². The van der Waals surface area contributed by atoms with Crippen LogP contribution in [0.15, 0.2) is 61.2 Å². The number of hydrogen-bond donors (Lipinski definition) is 1. The normalized spacial score (nSPS) is 10.7. The van der Waals surface area contributed by atoms with Crippen molar-refractivity contribution in [3.63, 3.8) is 0 Å². The lowest BCUT2D eigenvalue weighted by molar-refractivity contribution is 0.0952. The fourth-order valence-corrected chi connectivity index (χ4v) is 3.05. The van der Waals surface area contributed by atoms with Crippen LogP contribution in [0.25, 0.3) is 16.9 Å². The van der Waals surface area contributed by atoms with Crippen LogP contribution in [0.5, 0.6) is 11.5 Å². The maximum absolute atomic E-state index is 12.7. The van der Waals surface area contributed by atoms with Crippen molar-refractivity contribution in [2.24, 2.45) is 0 Å². The Labute approximate surface area is 167 Å². The Kier molecular flexibility index (Phi) is 5.07. The van der Waals surface area contributed by atoms with Gasteiger partial charge < -0.3 is 14.8 Å². The molecule has 1 amide bonds. The van der Waals surface area contributed by atoms with Crippen molar-refractivity contribution in [3.8, 4) is 22.8 Å². The van der Waals surface area contributed by atoms with Gasteiger partial charge in [-0.3, -0.25) is 9.78 Å². The van der Waals surface area contributed by atoms with E-state index in [1.807, 2.05) is 36.4 Å². The zero-order valence-corrected chi connectivity index (χ0v) is 16.0. The molecule has 0 aliphatic carbocycles. The highest BCUT2D eigenvalue weighted by molar-refractivity contribution is 5.99. The summed E-state index contributed by atoms with van der Waals surface area (Å²) in [6.07, 6.45) is 6.58. The summed E-state index contributed by atoms with van der Waals surface area (Å²) in [7, 11) is 3.18. The van der Waals surface area contributed by atoms with Crippen LogP contribution in [-0.2, 0) is 6.54 Å². The molecule has 146 valence electrons. The molecule has 0 atom stereocenters. The van der Waals surface area contributed by atoms with Gasteiger partial charge in [0.15, 0.2) is 17.1 Å². The van der Waals surface area contributed by atoms with E-state index in [1.54, 1.807) is 37.3 Å². The summed E-state index contributed by atoms with van der Waals surface area (Å²) < 4.78 is 12.3. The highest BCUT2D eigenvalue weighted by Gasteiger charge is 2.17. The summed E-state index contributed by atoms with van der Waals surface area (Å²) >= 11 is 0. The van der Waals surface area contributed by atoms with Gasteiger partial charge in [-0.05, 0) is 35.9 Å². The lowest BCUT2D eigenvalue weighted by atomic mass is 10.1. The molecule has 0 unspecified atom stereocenters. The molecule has 0 fully saturated rings. The predicted molar refractivity (Wildman–Crippen MR) is 107 cm³/mol. The number of methoxy groups -OCH3 is 2. The average molecular weight is 389 g/mol. The number of carbonyl (C=O) groups is 1. The number of ether oxygens (including phenoxy) is 2. The smallest absolute Gasteiger partial charge is 0.257 e. The Balaban J connectivity index is 1.66. The van der Waals surface area contributed by atoms with E-state index in [2.05, 4.69) is 20.4 Å². The lowest BCUT2D eigenvalue weighted by Crippen LogP contribution is -2.22. The minimum Gasteiger partial charge on any atom is -0.493 e. The summed E-state index contributed by atoms with van der Waals surface area (Å²) in [4.78, 5) is 21.1. The molecule has 0 radical (unpaired) electrons. The van der Waals surface area contributed by atoms with Crippen LogP contribution in [0.1, 0.15) is 15.9 Å². The summed E-state index contributed by atoms with van der Waals surface area (Å²) in [6, 6.07) is 11.1. The molecule has 0 aliphatic heterocycles. The van der Waals surface area contributed by atoms with Gasteiger partial charge in [0.1, 0.15) is 5.56 Å². The Hall–Kier alpha value is -3.94. The monoisotopic (exact) mass is 389 g/mol. The highest BCUT2D eigenvalue weighted by atomic mass is 16.5. The van der Waals surface area contributed by atoms with Gasteiger partial charge in [-0.15, -0.1) is 0 Å². The minimum atomic E-state index is -0.249. The molecule has 29 heavy (non-hydrogen) atoms. The van der Waals surface area contributed by atoms with E-state index < -0.39 is 0 Å². The number of nitrogens with one attached hydrogen (secondary N) is 1. The molecule has 1 aromatic carbocycles. The van der Waals surface area contributed by atoms with Gasteiger partial charge in [0, 0.05) is 30.7 Å². The zero-order chi connectivity index (χ0) is 20.2. The summed E-state index contributed by atoms with van der Waals surface area (Å²) in [5.74, 6) is 0.995. The summed E-state index contributed by atoms with van der Waals surface area (Å²) in [5, 5.41) is 7.26. The molecule has 3 heterocycles. The van der Waals surface area contributed by atoms with Crippen LogP contribution in [-0.4, -0.2) is 39.7 Å². The molecule has 4 rings (SSSR count). The number of rotatable bonds is 6. The Morgan fingerprint density at radius 1 is 1.07 bits per heavy atom. The average Bonchev–Trinajstić information content (AvgIpc) is 3.22. The number of benzene rings is 1. The minimum absolute atomic E-state index is 0.249. The number of amides is 1. The molecule has 0 aliphatic rings. The van der Waals surface area contributed by atoms with Crippen LogP contribution in [0.3, 0.4) is 0 Å². The largest absolute Gasteiger partial charge is 0.493 e. The quantitative estimate of drug-likeness (QED) is 0.545. The third kappa shape index (κ3) is 3.60. The molecule has 8 nitrogen and oxygen atoms in total. The van der Waals surface area contributed by atoms with Gasteiger partial charge in [-0.2, -0.15) is 5.10 Å². The highest BCUT2D eigenvalue weighted by Crippen LogP contribution is 2.32. The number of aromatic nitrogens is 4. The molecule has 0 bridgehead atoms. The van der Waals surface area contributed by atoms with Crippen LogP contribution in [0, 0.1) is 0 Å². The number of hydrogen-bond acceptors (Lipinski definition) is 6. The fraction of sp³-hybridized carbons (Fsp3) is 0.143. The number of nitrogens with zero attached hydrogens (tertiary/aromatic N) is 4. The van der Waals surface area contributed by atoms with E-state index in [1.165, 1.54) is 6.20 Å².